The molecular formula is C22H29N3O2S. The molecule has 6 heteroatoms. The van der Waals surface area contributed by atoms with Crippen LogP contribution in [0.4, 0.5) is 11.4 Å². The van der Waals surface area contributed by atoms with Gasteiger partial charge < -0.3 is 15.0 Å². The zero-order valence-electron chi connectivity index (χ0n) is 16.9. The molecule has 28 heavy (non-hydrogen) atoms. The van der Waals surface area contributed by atoms with Crippen LogP contribution in [0.2, 0.25) is 0 Å². The fraction of sp³-hybridized carbons (Fsp3) is 0.409. The predicted molar refractivity (Wildman–Crippen MR) is 117 cm³/mol. The van der Waals surface area contributed by atoms with E-state index in [1.807, 2.05) is 26.1 Å². The van der Waals surface area contributed by atoms with Gasteiger partial charge in [0, 0.05) is 35.9 Å². The third-order valence-corrected chi connectivity index (χ3v) is 5.89. The molecule has 0 aliphatic carbocycles. The number of morpholine rings is 1. The summed E-state index contributed by atoms with van der Waals surface area (Å²) >= 11 is 1.73. The number of nitrogens with one attached hydrogen (secondary N) is 1. The zero-order chi connectivity index (χ0) is 19.9. The highest BCUT2D eigenvalue weighted by Gasteiger charge is 2.18. The van der Waals surface area contributed by atoms with E-state index in [0.717, 1.165) is 38.5 Å². The van der Waals surface area contributed by atoms with Crippen molar-refractivity contribution in [3.63, 3.8) is 0 Å². The first-order valence-electron chi connectivity index (χ1n) is 9.63. The number of benzene rings is 2. The average Bonchev–Trinajstić information content (AvgIpc) is 2.74. The summed E-state index contributed by atoms with van der Waals surface area (Å²) in [5.41, 5.74) is 3.20. The van der Waals surface area contributed by atoms with E-state index in [9.17, 15) is 4.79 Å². The van der Waals surface area contributed by atoms with Gasteiger partial charge in [0.1, 0.15) is 0 Å². The van der Waals surface area contributed by atoms with E-state index in [2.05, 4.69) is 57.8 Å². The zero-order valence-corrected chi connectivity index (χ0v) is 17.7. The Kier molecular flexibility index (Phi) is 7.36. The van der Waals surface area contributed by atoms with Crippen LogP contribution in [0, 0.1) is 0 Å². The number of hydrogen-bond donors (Lipinski definition) is 1. The molecule has 1 fully saturated rings. The standard InChI is InChI=1S/C22H29N3O2S/c1-17(24(2)16-18-4-10-21(28-3)11-5-18)22(26)23-19-6-8-20(9-7-19)25-12-14-27-15-13-25/h4-11,17H,12-16H2,1-3H3,(H,23,26). The van der Waals surface area contributed by atoms with Gasteiger partial charge in [-0.05, 0) is 62.2 Å². The Morgan fingerprint density at radius 2 is 1.79 bits per heavy atom. The van der Waals surface area contributed by atoms with Crippen LogP contribution in [0.3, 0.4) is 0 Å². The Morgan fingerprint density at radius 1 is 1.14 bits per heavy atom. The largest absolute Gasteiger partial charge is 0.378 e. The molecule has 1 amide bonds. The predicted octanol–water partition coefficient (Wildman–Crippen LogP) is 3.70. The number of thioether (sulfide) groups is 1. The molecule has 5 nitrogen and oxygen atoms in total. The molecular weight excluding hydrogens is 370 g/mol. The molecule has 1 atom stereocenters. The van der Waals surface area contributed by atoms with Gasteiger partial charge in [0.15, 0.2) is 0 Å². The maximum atomic E-state index is 12.6. The Morgan fingerprint density at radius 3 is 2.39 bits per heavy atom. The molecule has 0 spiro atoms. The first-order valence-corrected chi connectivity index (χ1v) is 10.9. The van der Waals surface area contributed by atoms with Gasteiger partial charge in [-0.3, -0.25) is 9.69 Å². The highest BCUT2D eigenvalue weighted by Crippen LogP contribution is 2.20. The molecule has 2 aromatic rings. The van der Waals surface area contributed by atoms with Gasteiger partial charge in [-0.2, -0.15) is 0 Å². The molecule has 0 bridgehead atoms. The molecule has 150 valence electrons. The molecule has 2 aromatic carbocycles. The lowest BCUT2D eigenvalue weighted by atomic mass is 10.2. The number of likely N-dealkylation sites (N-methyl/N-ethyl adjacent to an activating group) is 1. The first kappa shape index (κ1) is 20.7. The maximum Gasteiger partial charge on any atom is 0.241 e. The Balaban J connectivity index is 1.53. The highest BCUT2D eigenvalue weighted by atomic mass is 32.2. The lowest BCUT2D eigenvalue weighted by Crippen LogP contribution is -2.39. The fourth-order valence-corrected chi connectivity index (χ4v) is 3.59. The van der Waals surface area contributed by atoms with Gasteiger partial charge >= 0.3 is 0 Å². The number of anilines is 2. The Labute approximate surface area is 172 Å². The SMILES string of the molecule is CSc1ccc(CN(C)C(C)C(=O)Nc2ccc(N3CCOCC3)cc2)cc1. The van der Waals surface area contributed by atoms with Crippen LogP contribution in [0.1, 0.15) is 12.5 Å². The van der Waals surface area contributed by atoms with Crippen LogP contribution >= 0.6 is 11.8 Å². The van der Waals surface area contributed by atoms with Crippen molar-refractivity contribution in [3.8, 4) is 0 Å². The van der Waals surface area contributed by atoms with Gasteiger partial charge in [-0.25, -0.2) is 0 Å². The summed E-state index contributed by atoms with van der Waals surface area (Å²) in [5.74, 6) is 0.00218. The molecule has 0 saturated carbocycles. The van der Waals surface area contributed by atoms with Crippen LogP contribution in [0.25, 0.3) is 0 Å². The van der Waals surface area contributed by atoms with Crippen molar-refractivity contribution >= 4 is 29.0 Å². The molecule has 1 aliphatic rings. The summed E-state index contributed by atoms with van der Waals surface area (Å²) in [6, 6.07) is 16.3. The topological polar surface area (TPSA) is 44.8 Å². The molecule has 3 rings (SSSR count). The van der Waals surface area contributed by atoms with E-state index in [0.29, 0.717) is 0 Å². The van der Waals surface area contributed by atoms with Crippen molar-refractivity contribution in [3.05, 3.63) is 54.1 Å². The minimum Gasteiger partial charge on any atom is -0.378 e. The van der Waals surface area contributed by atoms with E-state index in [1.165, 1.54) is 16.1 Å². The number of carbonyl (C=O) groups excluding carboxylic acids is 1. The third-order valence-electron chi connectivity index (χ3n) is 5.14. The van der Waals surface area contributed by atoms with E-state index in [1.54, 1.807) is 11.8 Å². The smallest absolute Gasteiger partial charge is 0.241 e. The van der Waals surface area contributed by atoms with Crippen molar-refractivity contribution in [1.82, 2.24) is 4.90 Å². The second-order valence-electron chi connectivity index (χ2n) is 7.07. The van der Waals surface area contributed by atoms with Gasteiger partial charge in [0.05, 0.1) is 19.3 Å². The first-order chi connectivity index (χ1) is 13.6. The van der Waals surface area contributed by atoms with Crippen molar-refractivity contribution in [1.29, 1.82) is 0 Å². The van der Waals surface area contributed by atoms with E-state index in [-0.39, 0.29) is 11.9 Å². The summed E-state index contributed by atoms with van der Waals surface area (Å²) in [4.78, 5) is 18.3. The van der Waals surface area contributed by atoms with Crippen molar-refractivity contribution in [2.24, 2.45) is 0 Å². The molecule has 1 unspecified atom stereocenters. The summed E-state index contributed by atoms with van der Waals surface area (Å²) in [6.07, 6.45) is 2.07. The third kappa shape index (κ3) is 5.50. The molecule has 1 saturated heterocycles. The summed E-state index contributed by atoms with van der Waals surface area (Å²) in [5, 5.41) is 3.03. The van der Waals surface area contributed by atoms with Crippen molar-refractivity contribution in [2.75, 3.05) is 49.8 Å². The van der Waals surface area contributed by atoms with E-state index >= 15 is 0 Å². The summed E-state index contributed by atoms with van der Waals surface area (Å²) in [7, 11) is 1.98. The Bertz CT molecular complexity index is 758. The minimum atomic E-state index is -0.223. The molecule has 1 N–H and O–H groups in total. The van der Waals surface area contributed by atoms with Crippen LogP contribution in [0.5, 0.6) is 0 Å². The van der Waals surface area contributed by atoms with Crippen LogP contribution in [-0.4, -0.2) is 56.5 Å². The number of rotatable bonds is 7. The van der Waals surface area contributed by atoms with E-state index < -0.39 is 0 Å². The average molecular weight is 400 g/mol. The monoisotopic (exact) mass is 399 g/mol. The molecule has 0 radical (unpaired) electrons. The van der Waals surface area contributed by atoms with Gasteiger partial charge in [0.25, 0.3) is 0 Å². The van der Waals surface area contributed by atoms with Crippen molar-refractivity contribution in [2.45, 2.75) is 24.4 Å². The lowest BCUT2D eigenvalue weighted by molar-refractivity contribution is -0.120. The van der Waals surface area contributed by atoms with Crippen LogP contribution < -0.4 is 10.2 Å². The molecule has 0 aromatic heterocycles. The summed E-state index contributed by atoms with van der Waals surface area (Å²) < 4.78 is 5.40. The van der Waals surface area contributed by atoms with Crippen LogP contribution in [-0.2, 0) is 16.1 Å². The van der Waals surface area contributed by atoms with Gasteiger partial charge in [-0.1, -0.05) is 12.1 Å². The van der Waals surface area contributed by atoms with Gasteiger partial charge in [-0.15, -0.1) is 11.8 Å². The normalized spacial score (nSPS) is 15.5. The number of hydrogen-bond acceptors (Lipinski definition) is 5. The number of amides is 1. The number of ether oxygens (including phenoxy) is 1. The van der Waals surface area contributed by atoms with Crippen molar-refractivity contribution < 1.29 is 9.53 Å². The summed E-state index contributed by atoms with van der Waals surface area (Å²) in [6.45, 7) is 6.02. The second kappa shape index (κ2) is 9.96. The second-order valence-corrected chi connectivity index (χ2v) is 7.95. The maximum absolute atomic E-state index is 12.6. The van der Waals surface area contributed by atoms with Gasteiger partial charge in [0.2, 0.25) is 5.91 Å². The fourth-order valence-electron chi connectivity index (χ4n) is 3.18. The number of nitrogens with zero attached hydrogens (tertiary/aromatic N) is 2. The highest BCUT2D eigenvalue weighted by molar-refractivity contribution is 7.98. The molecule has 1 aliphatic heterocycles. The van der Waals surface area contributed by atoms with Crippen LogP contribution in [0.15, 0.2) is 53.4 Å². The Hall–Kier alpha value is -2.02. The quantitative estimate of drug-likeness (QED) is 0.719. The minimum absolute atomic E-state index is 0.00218. The molecule has 1 heterocycles. The number of carbonyl (C=O) groups is 1. The van der Waals surface area contributed by atoms with E-state index in [4.69, 9.17) is 4.74 Å². The lowest BCUT2D eigenvalue weighted by Gasteiger charge is -2.29.